The van der Waals surface area contributed by atoms with Crippen molar-refractivity contribution in [3.05, 3.63) is 89.9 Å². The van der Waals surface area contributed by atoms with Gasteiger partial charge in [0.1, 0.15) is 12.0 Å². The van der Waals surface area contributed by atoms with E-state index in [0.717, 1.165) is 27.5 Å². The largest absolute Gasteiger partial charge is 0.507 e. The van der Waals surface area contributed by atoms with Gasteiger partial charge in [-0.25, -0.2) is 0 Å². The third kappa shape index (κ3) is 3.94. The van der Waals surface area contributed by atoms with Crippen LogP contribution in [0.4, 0.5) is 0 Å². The van der Waals surface area contributed by atoms with E-state index < -0.39 is 0 Å². The van der Waals surface area contributed by atoms with E-state index in [9.17, 15) is 9.90 Å². The number of phenolic OH excluding ortho intramolecular Hbond substituents is 1. The zero-order valence-electron chi connectivity index (χ0n) is 17.4. The molecule has 4 nitrogen and oxygen atoms in total. The second-order valence-electron chi connectivity index (χ2n) is 8.54. The fourth-order valence-corrected chi connectivity index (χ4v) is 3.60. The number of carbonyl (C=O) groups excluding carboxylic acids is 1. The molecule has 0 aliphatic heterocycles. The molecule has 4 heteroatoms. The van der Waals surface area contributed by atoms with Crippen molar-refractivity contribution < 1.29 is 14.3 Å². The van der Waals surface area contributed by atoms with Crippen molar-refractivity contribution in [3.63, 3.8) is 0 Å². The Balaban J connectivity index is 1.63. The summed E-state index contributed by atoms with van der Waals surface area (Å²) < 4.78 is 4.95. The van der Waals surface area contributed by atoms with Crippen molar-refractivity contribution in [1.82, 2.24) is 5.32 Å². The summed E-state index contributed by atoms with van der Waals surface area (Å²) in [6.45, 7) is 6.97. The highest BCUT2D eigenvalue weighted by Gasteiger charge is 2.15. The van der Waals surface area contributed by atoms with E-state index in [4.69, 9.17) is 4.42 Å². The van der Waals surface area contributed by atoms with E-state index in [1.807, 2.05) is 24.3 Å². The number of amides is 1. The summed E-state index contributed by atoms with van der Waals surface area (Å²) in [5, 5.41) is 15.5. The van der Waals surface area contributed by atoms with Gasteiger partial charge < -0.3 is 14.8 Å². The van der Waals surface area contributed by atoms with Crippen LogP contribution in [0.3, 0.4) is 0 Å². The Morgan fingerprint density at radius 2 is 1.77 bits per heavy atom. The highest BCUT2D eigenvalue weighted by Crippen LogP contribution is 2.37. The monoisotopic (exact) mass is 399 g/mol. The number of hydrogen-bond acceptors (Lipinski definition) is 3. The molecule has 4 rings (SSSR count). The predicted molar refractivity (Wildman–Crippen MR) is 120 cm³/mol. The maximum atomic E-state index is 12.1. The molecule has 0 atom stereocenters. The van der Waals surface area contributed by atoms with Gasteiger partial charge in [0, 0.05) is 12.1 Å². The number of aromatic hydroxyl groups is 1. The molecule has 1 amide bonds. The molecule has 0 fully saturated rings. The van der Waals surface area contributed by atoms with Gasteiger partial charge in [-0.15, -0.1) is 0 Å². The first kappa shape index (κ1) is 19.8. The molecule has 0 aliphatic carbocycles. The van der Waals surface area contributed by atoms with Crippen LogP contribution in [0.5, 0.6) is 5.75 Å². The summed E-state index contributed by atoms with van der Waals surface area (Å²) in [5.41, 5.74) is 4.62. The molecule has 2 N–H and O–H groups in total. The first-order chi connectivity index (χ1) is 14.3. The molecule has 30 heavy (non-hydrogen) atoms. The Morgan fingerprint density at radius 1 is 1.00 bits per heavy atom. The van der Waals surface area contributed by atoms with Crippen LogP contribution < -0.4 is 5.32 Å². The molecule has 0 saturated carbocycles. The van der Waals surface area contributed by atoms with Gasteiger partial charge >= 0.3 is 0 Å². The number of nitrogens with one attached hydrogen (secondary N) is 1. The van der Waals surface area contributed by atoms with Crippen molar-refractivity contribution in [2.24, 2.45) is 0 Å². The third-order valence-corrected chi connectivity index (χ3v) is 5.34. The van der Waals surface area contributed by atoms with Crippen molar-refractivity contribution in [3.8, 4) is 16.9 Å². The van der Waals surface area contributed by atoms with E-state index in [1.165, 1.54) is 18.1 Å². The number of benzene rings is 3. The van der Waals surface area contributed by atoms with Crippen molar-refractivity contribution in [2.75, 3.05) is 0 Å². The summed E-state index contributed by atoms with van der Waals surface area (Å²) in [5.74, 6) is 0.0844. The number of carbonyl (C=O) groups is 1. The minimum atomic E-state index is -0.172. The average Bonchev–Trinajstić information content (AvgIpc) is 3.26. The van der Waals surface area contributed by atoms with Crippen LogP contribution >= 0.6 is 0 Å². The zero-order chi connectivity index (χ0) is 21.3. The Labute approximate surface area is 176 Å². The zero-order valence-corrected chi connectivity index (χ0v) is 17.4. The summed E-state index contributed by atoms with van der Waals surface area (Å²) in [6, 6.07) is 19.6. The minimum absolute atomic E-state index is 0.0785. The normalized spacial score (nSPS) is 11.6. The third-order valence-electron chi connectivity index (χ3n) is 5.34. The molecule has 1 aromatic heterocycles. The molecule has 1 heterocycles. The van der Waals surface area contributed by atoms with Gasteiger partial charge in [0.05, 0.1) is 11.8 Å². The number of phenols is 1. The average molecular weight is 399 g/mol. The summed E-state index contributed by atoms with van der Waals surface area (Å²) >= 11 is 0. The van der Waals surface area contributed by atoms with Crippen LogP contribution in [-0.4, -0.2) is 11.0 Å². The summed E-state index contributed by atoms with van der Waals surface area (Å²) in [4.78, 5) is 12.1. The minimum Gasteiger partial charge on any atom is -0.507 e. The lowest BCUT2D eigenvalue weighted by Crippen LogP contribution is -2.22. The predicted octanol–water partition coefficient (Wildman–Crippen LogP) is 6.03. The fourth-order valence-electron chi connectivity index (χ4n) is 3.60. The van der Waals surface area contributed by atoms with Gasteiger partial charge in [0.25, 0.3) is 5.91 Å². The molecule has 4 aromatic rings. The number of rotatable bonds is 4. The molecular formula is C26H25NO3. The molecule has 0 radical (unpaired) electrons. The highest BCUT2D eigenvalue weighted by atomic mass is 16.3. The number of fused-ring (bicyclic) bond motifs is 1. The first-order valence-electron chi connectivity index (χ1n) is 9.99. The maximum Gasteiger partial charge on any atom is 0.254 e. The molecular weight excluding hydrogens is 374 g/mol. The summed E-state index contributed by atoms with van der Waals surface area (Å²) in [7, 11) is 0. The van der Waals surface area contributed by atoms with Crippen molar-refractivity contribution in [1.29, 1.82) is 0 Å². The van der Waals surface area contributed by atoms with E-state index >= 15 is 0 Å². The van der Waals surface area contributed by atoms with Gasteiger partial charge in [-0.1, -0.05) is 63.2 Å². The lowest BCUT2D eigenvalue weighted by molar-refractivity contribution is 0.0950. The van der Waals surface area contributed by atoms with Gasteiger partial charge in [-0.2, -0.15) is 0 Å². The SMILES string of the molecule is CC(C)(C)c1ccc(-c2c(O)ccc3cc(CNC(=O)c4ccoc4)ccc23)cc1. The maximum absolute atomic E-state index is 12.1. The van der Waals surface area contributed by atoms with Gasteiger partial charge in [0.2, 0.25) is 0 Å². The second-order valence-corrected chi connectivity index (χ2v) is 8.54. The van der Waals surface area contributed by atoms with Crippen molar-refractivity contribution >= 4 is 16.7 Å². The Bertz CT molecular complexity index is 1180. The molecule has 152 valence electrons. The first-order valence-corrected chi connectivity index (χ1v) is 9.99. The Morgan fingerprint density at radius 3 is 2.43 bits per heavy atom. The van der Waals surface area contributed by atoms with Crippen LogP contribution in [0.1, 0.15) is 42.3 Å². The van der Waals surface area contributed by atoms with E-state index in [1.54, 1.807) is 12.1 Å². The Hall–Kier alpha value is -3.53. The summed E-state index contributed by atoms with van der Waals surface area (Å²) in [6.07, 6.45) is 2.91. The molecule has 0 aliphatic rings. The highest BCUT2D eigenvalue weighted by molar-refractivity contribution is 6.00. The molecule has 3 aromatic carbocycles. The smallest absolute Gasteiger partial charge is 0.254 e. The standard InChI is InChI=1S/C26H25NO3/c1-26(2,3)21-8-5-18(6-9-21)24-22-10-4-17(14-19(22)7-11-23(24)28)15-27-25(29)20-12-13-30-16-20/h4-14,16,28H,15H2,1-3H3,(H,27,29). The van der Waals surface area contributed by atoms with Gasteiger partial charge in [-0.3, -0.25) is 4.79 Å². The fraction of sp³-hybridized carbons (Fsp3) is 0.192. The van der Waals surface area contributed by atoms with Crippen LogP contribution in [0.15, 0.2) is 77.6 Å². The van der Waals surface area contributed by atoms with E-state index in [0.29, 0.717) is 12.1 Å². The van der Waals surface area contributed by atoms with Crippen LogP contribution in [0, 0.1) is 0 Å². The molecule has 0 spiro atoms. The van der Waals surface area contributed by atoms with Crippen LogP contribution in [-0.2, 0) is 12.0 Å². The van der Waals surface area contributed by atoms with Crippen molar-refractivity contribution in [2.45, 2.75) is 32.7 Å². The van der Waals surface area contributed by atoms with E-state index in [-0.39, 0.29) is 17.1 Å². The molecule has 0 bridgehead atoms. The topological polar surface area (TPSA) is 62.5 Å². The molecule has 0 unspecified atom stereocenters. The van der Waals surface area contributed by atoms with Gasteiger partial charge in [-0.05, 0) is 51.1 Å². The quantitative estimate of drug-likeness (QED) is 0.440. The number of hydrogen-bond donors (Lipinski definition) is 2. The lowest BCUT2D eigenvalue weighted by atomic mass is 9.86. The Kier molecular flexibility index (Phi) is 5.08. The van der Waals surface area contributed by atoms with Crippen LogP contribution in [0.25, 0.3) is 21.9 Å². The second kappa shape index (κ2) is 7.71. The van der Waals surface area contributed by atoms with E-state index in [2.05, 4.69) is 50.4 Å². The van der Waals surface area contributed by atoms with Crippen LogP contribution in [0.2, 0.25) is 0 Å². The lowest BCUT2D eigenvalue weighted by Gasteiger charge is -2.19. The number of furan rings is 1. The van der Waals surface area contributed by atoms with Gasteiger partial charge in [0.15, 0.2) is 0 Å². The molecule has 0 saturated heterocycles.